The summed E-state index contributed by atoms with van der Waals surface area (Å²) in [6, 6.07) is 56.4. The molecule has 0 nitrogen and oxygen atoms in total. The van der Waals surface area contributed by atoms with Crippen LogP contribution in [0.4, 0.5) is 0 Å². The zero-order chi connectivity index (χ0) is 24.9. The van der Waals surface area contributed by atoms with Crippen molar-refractivity contribution in [1.82, 2.24) is 0 Å². The molecule has 2 atom stereocenters. The molecule has 1 aliphatic carbocycles. The van der Waals surface area contributed by atoms with Gasteiger partial charge in [-0.05, 0) is 66.1 Å². The first kappa shape index (κ1) is 23.9. The monoisotopic (exact) mass is 496 g/mol. The van der Waals surface area contributed by atoms with E-state index in [4.69, 9.17) is 0 Å². The molecular weight excluding hydrogens is 463 g/mol. The van der Waals surface area contributed by atoms with E-state index >= 15 is 0 Å². The maximum absolute atomic E-state index is 2.35. The molecule has 6 rings (SSSR count). The summed E-state index contributed by atoms with van der Waals surface area (Å²) in [4.78, 5) is 0. The molecule has 1 heteroatoms. The maximum Gasteiger partial charge on any atom is 0.0479 e. The molecule has 0 radical (unpaired) electrons. The van der Waals surface area contributed by atoms with E-state index in [1.807, 2.05) is 0 Å². The summed E-state index contributed by atoms with van der Waals surface area (Å²) in [5.74, 6) is 0.516. The summed E-state index contributed by atoms with van der Waals surface area (Å²) in [5.41, 5.74) is 4.69. The molecule has 0 saturated heterocycles. The average Bonchev–Trinajstić information content (AvgIpc) is 3.46. The number of hydrogen-bond donors (Lipinski definition) is 0. The topological polar surface area (TPSA) is 0 Å². The van der Waals surface area contributed by atoms with Gasteiger partial charge in [0.2, 0.25) is 0 Å². The van der Waals surface area contributed by atoms with Gasteiger partial charge in [0.05, 0.1) is 0 Å². The Hall–Kier alpha value is -3.47. The van der Waals surface area contributed by atoms with Crippen molar-refractivity contribution in [3.63, 3.8) is 0 Å². The van der Waals surface area contributed by atoms with E-state index in [1.165, 1.54) is 46.6 Å². The van der Waals surface area contributed by atoms with Gasteiger partial charge in [0.15, 0.2) is 0 Å². The molecule has 0 bridgehead atoms. The van der Waals surface area contributed by atoms with Crippen LogP contribution in [0.3, 0.4) is 0 Å². The van der Waals surface area contributed by atoms with Gasteiger partial charge in [-0.3, -0.25) is 0 Å². The number of hydrogen-bond acceptors (Lipinski definition) is 0. The van der Waals surface area contributed by atoms with Gasteiger partial charge in [-0.15, -0.1) is 0 Å². The van der Waals surface area contributed by atoms with E-state index in [0.717, 1.165) is 0 Å². The Morgan fingerprint density at radius 2 is 0.784 bits per heavy atom. The van der Waals surface area contributed by atoms with E-state index in [0.29, 0.717) is 11.6 Å². The van der Waals surface area contributed by atoms with E-state index in [2.05, 4.69) is 152 Å². The molecule has 0 aliphatic heterocycles. The third-order valence-corrected chi connectivity index (χ3v) is 11.0. The summed E-state index contributed by atoms with van der Waals surface area (Å²) in [6.45, 7) is 0. The zero-order valence-electron chi connectivity index (χ0n) is 21.2. The summed E-state index contributed by atoms with van der Waals surface area (Å²) in [5, 5.41) is 3.00. The van der Waals surface area contributed by atoms with Crippen LogP contribution in [-0.4, -0.2) is 5.66 Å². The first-order chi connectivity index (χ1) is 18.4. The summed E-state index contributed by atoms with van der Waals surface area (Å²) in [6.07, 6.45) is 3.70. The molecule has 1 fully saturated rings. The van der Waals surface area contributed by atoms with Crippen molar-refractivity contribution in [3.05, 3.63) is 168 Å². The molecule has 5 aromatic rings. The Balaban J connectivity index is 1.49. The highest BCUT2D eigenvalue weighted by Crippen LogP contribution is 2.57. The smallest absolute Gasteiger partial charge is 0.0479 e. The Morgan fingerprint density at radius 3 is 1.16 bits per heavy atom. The van der Waals surface area contributed by atoms with Crippen molar-refractivity contribution in [2.24, 2.45) is 5.92 Å². The second kappa shape index (κ2) is 10.9. The Bertz CT molecular complexity index is 1250. The minimum absolute atomic E-state index is 0.174. The van der Waals surface area contributed by atoms with Crippen LogP contribution in [-0.2, 0) is 5.41 Å². The van der Waals surface area contributed by atoms with Crippen LogP contribution in [0.25, 0.3) is 0 Å². The quantitative estimate of drug-likeness (QED) is 0.157. The minimum atomic E-state index is -0.432. The van der Waals surface area contributed by atoms with Gasteiger partial charge in [0, 0.05) is 5.41 Å². The molecule has 5 aromatic carbocycles. The fraction of sp³-hybridized carbons (Fsp3) is 0.167. The van der Waals surface area contributed by atoms with E-state index in [1.54, 1.807) is 0 Å². The van der Waals surface area contributed by atoms with Gasteiger partial charge in [-0.1, -0.05) is 152 Å². The lowest BCUT2D eigenvalue weighted by atomic mass is 9.61. The van der Waals surface area contributed by atoms with Crippen molar-refractivity contribution >= 4 is 18.5 Å². The minimum Gasteiger partial charge on any atom is -0.0622 e. The predicted octanol–water partition coefficient (Wildman–Crippen LogP) is 8.32. The maximum atomic E-state index is 2.35. The molecule has 182 valence electrons. The zero-order valence-corrected chi connectivity index (χ0v) is 22.1. The van der Waals surface area contributed by atoms with E-state index < -0.39 is 7.92 Å². The van der Waals surface area contributed by atoms with Crippen LogP contribution in [0.2, 0.25) is 0 Å². The van der Waals surface area contributed by atoms with Crippen molar-refractivity contribution in [3.8, 4) is 0 Å². The lowest BCUT2D eigenvalue weighted by molar-refractivity contribution is 0.381. The molecule has 1 aliphatic rings. The first-order valence-corrected chi connectivity index (χ1v) is 14.8. The average molecular weight is 497 g/mol. The Labute approximate surface area is 222 Å². The van der Waals surface area contributed by atoms with Gasteiger partial charge in [-0.2, -0.15) is 0 Å². The van der Waals surface area contributed by atoms with Gasteiger partial charge < -0.3 is 0 Å². The van der Waals surface area contributed by atoms with Crippen LogP contribution in [0.1, 0.15) is 36.0 Å². The first-order valence-electron chi connectivity index (χ1n) is 13.4. The van der Waals surface area contributed by atoms with Crippen LogP contribution in [0.5, 0.6) is 0 Å². The van der Waals surface area contributed by atoms with Gasteiger partial charge in [0.25, 0.3) is 0 Å². The van der Waals surface area contributed by atoms with E-state index in [9.17, 15) is 0 Å². The fourth-order valence-corrected chi connectivity index (χ4v) is 9.64. The molecule has 0 spiro atoms. The van der Waals surface area contributed by atoms with Crippen molar-refractivity contribution in [2.45, 2.75) is 30.3 Å². The van der Waals surface area contributed by atoms with Crippen LogP contribution in [0, 0.1) is 5.92 Å². The molecule has 0 amide bonds. The molecule has 2 unspecified atom stereocenters. The number of rotatable bonds is 7. The fourth-order valence-electron chi connectivity index (χ4n) is 6.64. The van der Waals surface area contributed by atoms with Gasteiger partial charge in [0.1, 0.15) is 0 Å². The van der Waals surface area contributed by atoms with Crippen LogP contribution in [0.15, 0.2) is 152 Å². The number of benzene rings is 5. The van der Waals surface area contributed by atoms with Crippen molar-refractivity contribution in [1.29, 1.82) is 0 Å². The molecular formula is C36H33P. The molecule has 37 heavy (non-hydrogen) atoms. The summed E-state index contributed by atoms with van der Waals surface area (Å²) in [7, 11) is -0.432. The lowest BCUT2D eigenvalue weighted by Crippen LogP contribution is -2.37. The second-order valence-corrected chi connectivity index (χ2v) is 12.6. The largest absolute Gasteiger partial charge is 0.0622 e. The Morgan fingerprint density at radius 1 is 0.432 bits per heavy atom. The molecule has 0 heterocycles. The SMILES string of the molecule is c1ccc(P(c2ccccc2)C2CCC(C(c3ccccc3)(c3ccccc3)c3ccccc3)C2)cc1. The summed E-state index contributed by atoms with van der Waals surface area (Å²) < 4.78 is 0. The van der Waals surface area contributed by atoms with Crippen molar-refractivity contribution < 1.29 is 0 Å². The molecule has 0 N–H and O–H groups in total. The van der Waals surface area contributed by atoms with Crippen molar-refractivity contribution in [2.75, 3.05) is 0 Å². The highest BCUT2D eigenvalue weighted by Gasteiger charge is 2.47. The lowest BCUT2D eigenvalue weighted by Gasteiger charge is -2.42. The van der Waals surface area contributed by atoms with E-state index in [-0.39, 0.29) is 5.41 Å². The normalized spacial score (nSPS) is 17.6. The highest BCUT2D eigenvalue weighted by atomic mass is 31.1. The van der Waals surface area contributed by atoms with Gasteiger partial charge in [-0.25, -0.2) is 0 Å². The summed E-state index contributed by atoms with van der Waals surface area (Å²) >= 11 is 0. The van der Waals surface area contributed by atoms with Crippen LogP contribution < -0.4 is 10.6 Å². The highest BCUT2D eigenvalue weighted by molar-refractivity contribution is 7.73. The standard InChI is InChI=1S/C36H33P/c1-6-16-29(17-7-1)36(30-18-8-2-9-19-30,31-20-10-3-11-21-31)32-26-27-35(28-32)37(33-22-12-4-13-23-33)34-24-14-5-15-25-34/h1-25,32,35H,26-28H2. The third-order valence-electron chi connectivity index (χ3n) is 8.14. The van der Waals surface area contributed by atoms with Crippen LogP contribution >= 0.6 is 7.92 Å². The molecule has 1 saturated carbocycles. The van der Waals surface area contributed by atoms with Gasteiger partial charge >= 0.3 is 0 Å². The second-order valence-electron chi connectivity index (χ2n) is 10.1. The molecule has 0 aromatic heterocycles. The Kier molecular flexibility index (Phi) is 7.03. The third kappa shape index (κ3) is 4.56. The predicted molar refractivity (Wildman–Crippen MR) is 159 cm³/mol.